The van der Waals surface area contributed by atoms with Crippen LogP contribution < -0.4 is 5.32 Å². The van der Waals surface area contributed by atoms with E-state index in [-0.39, 0.29) is 24.4 Å². The van der Waals surface area contributed by atoms with Crippen molar-refractivity contribution in [3.05, 3.63) is 17.5 Å². The van der Waals surface area contributed by atoms with Crippen LogP contribution in [0.4, 0.5) is 0 Å². The van der Waals surface area contributed by atoms with Crippen molar-refractivity contribution in [3.63, 3.8) is 0 Å². The van der Waals surface area contributed by atoms with Crippen LogP contribution in [0, 0.1) is 0 Å². The maximum absolute atomic E-state index is 12.4. The first-order chi connectivity index (χ1) is 8.50. The van der Waals surface area contributed by atoms with Crippen molar-refractivity contribution in [2.45, 2.75) is 32.7 Å². The van der Waals surface area contributed by atoms with E-state index >= 15 is 0 Å². The highest BCUT2D eigenvalue weighted by Gasteiger charge is 2.26. The summed E-state index contributed by atoms with van der Waals surface area (Å²) < 4.78 is 1.81. The molecule has 1 unspecified atom stereocenters. The number of hydrogen-bond acceptors (Lipinski definition) is 3. The molecule has 2 rings (SSSR count). The Balaban J connectivity index is 0.00000180. The fourth-order valence-corrected chi connectivity index (χ4v) is 2.42. The SMILES string of the molecule is CC(C)c1cc(C(=O)N2CCNCC2C)nn1C.Cl. The van der Waals surface area contributed by atoms with Crippen molar-refractivity contribution in [3.8, 4) is 0 Å². The molecule has 108 valence electrons. The van der Waals surface area contributed by atoms with Crippen LogP contribution in [0.3, 0.4) is 0 Å². The second-order valence-electron chi connectivity index (χ2n) is 5.28. The summed E-state index contributed by atoms with van der Waals surface area (Å²) in [6, 6.07) is 2.15. The number of carbonyl (C=O) groups excluding carboxylic acids is 1. The maximum Gasteiger partial charge on any atom is 0.274 e. The van der Waals surface area contributed by atoms with Gasteiger partial charge in [-0.1, -0.05) is 13.8 Å². The molecule has 0 aromatic carbocycles. The van der Waals surface area contributed by atoms with Crippen LogP contribution in [0.5, 0.6) is 0 Å². The lowest BCUT2D eigenvalue weighted by atomic mass is 10.1. The Morgan fingerprint density at radius 2 is 2.21 bits per heavy atom. The van der Waals surface area contributed by atoms with Crippen molar-refractivity contribution in [1.29, 1.82) is 0 Å². The number of rotatable bonds is 2. The summed E-state index contributed by atoms with van der Waals surface area (Å²) in [5.74, 6) is 0.427. The second-order valence-corrected chi connectivity index (χ2v) is 5.28. The first-order valence-corrected chi connectivity index (χ1v) is 6.56. The number of amides is 1. The zero-order chi connectivity index (χ0) is 13.3. The Hall–Kier alpha value is -1.07. The normalized spacial score (nSPS) is 19.4. The molecule has 0 bridgehead atoms. The zero-order valence-corrected chi connectivity index (χ0v) is 12.8. The average molecular weight is 287 g/mol. The van der Waals surface area contributed by atoms with Crippen LogP contribution in [0.2, 0.25) is 0 Å². The van der Waals surface area contributed by atoms with Crippen LogP contribution in [0.15, 0.2) is 6.07 Å². The van der Waals surface area contributed by atoms with Gasteiger partial charge in [-0.3, -0.25) is 9.48 Å². The van der Waals surface area contributed by atoms with Gasteiger partial charge < -0.3 is 10.2 Å². The molecule has 0 radical (unpaired) electrons. The minimum atomic E-state index is 0. The third kappa shape index (κ3) is 3.28. The lowest BCUT2D eigenvalue weighted by Gasteiger charge is -2.33. The summed E-state index contributed by atoms with van der Waals surface area (Å²) in [6.45, 7) is 8.76. The molecule has 6 heteroatoms. The molecule has 1 amide bonds. The van der Waals surface area contributed by atoms with Crippen LogP contribution in [0.25, 0.3) is 0 Å². The number of nitrogens with zero attached hydrogens (tertiary/aromatic N) is 3. The third-order valence-corrected chi connectivity index (χ3v) is 3.49. The molecule has 2 heterocycles. The average Bonchev–Trinajstić information content (AvgIpc) is 2.71. The highest BCUT2D eigenvalue weighted by atomic mass is 35.5. The number of carbonyl (C=O) groups is 1. The summed E-state index contributed by atoms with van der Waals surface area (Å²) >= 11 is 0. The van der Waals surface area contributed by atoms with Gasteiger partial charge in [0.15, 0.2) is 5.69 Å². The van der Waals surface area contributed by atoms with Crippen molar-refractivity contribution in [2.24, 2.45) is 7.05 Å². The lowest BCUT2D eigenvalue weighted by Crippen LogP contribution is -2.52. The molecule has 1 aromatic rings. The minimum Gasteiger partial charge on any atom is -0.332 e. The van der Waals surface area contributed by atoms with Gasteiger partial charge in [-0.15, -0.1) is 12.4 Å². The standard InChI is InChI=1S/C13H22N4O.ClH/c1-9(2)12-7-11(15-16(12)4)13(18)17-6-5-14-8-10(17)3;/h7,9-10,14H,5-6,8H2,1-4H3;1H. The van der Waals surface area contributed by atoms with Gasteiger partial charge in [0.2, 0.25) is 0 Å². The smallest absolute Gasteiger partial charge is 0.274 e. The number of aromatic nitrogens is 2. The van der Waals surface area contributed by atoms with Gasteiger partial charge in [0.05, 0.1) is 0 Å². The number of halogens is 1. The quantitative estimate of drug-likeness (QED) is 0.894. The van der Waals surface area contributed by atoms with Crippen molar-refractivity contribution < 1.29 is 4.79 Å². The van der Waals surface area contributed by atoms with Crippen molar-refractivity contribution in [1.82, 2.24) is 20.0 Å². The van der Waals surface area contributed by atoms with Crippen molar-refractivity contribution >= 4 is 18.3 Å². The van der Waals surface area contributed by atoms with E-state index in [4.69, 9.17) is 0 Å². The molecule has 0 spiro atoms. The largest absolute Gasteiger partial charge is 0.332 e. The Morgan fingerprint density at radius 3 is 2.74 bits per heavy atom. The van der Waals surface area contributed by atoms with Crippen LogP contribution >= 0.6 is 12.4 Å². The fourth-order valence-electron chi connectivity index (χ4n) is 2.42. The van der Waals surface area contributed by atoms with E-state index in [9.17, 15) is 4.79 Å². The van der Waals surface area contributed by atoms with Crippen molar-refractivity contribution in [2.75, 3.05) is 19.6 Å². The Bertz CT molecular complexity index is 444. The number of hydrogen-bond donors (Lipinski definition) is 1. The van der Waals surface area contributed by atoms with E-state index in [1.54, 1.807) is 0 Å². The van der Waals surface area contributed by atoms with E-state index < -0.39 is 0 Å². The van der Waals surface area contributed by atoms with Gasteiger partial charge in [0.25, 0.3) is 5.91 Å². The molecular weight excluding hydrogens is 264 g/mol. The second kappa shape index (κ2) is 6.39. The lowest BCUT2D eigenvalue weighted by molar-refractivity contribution is 0.0649. The zero-order valence-electron chi connectivity index (χ0n) is 12.0. The molecular formula is C13H23ClN4O. The molecule has 19 heavy (non-hydrogen) atoms. The number of aryl methyl sites for hydroxylation is 1. The Kier molecular flexibility index (Phi) is 5.38. The molecule has 1 N–H and O–H groups in total. The van der Waals surface area contributed by atoms with E-state index in [1.165, 1.54) is 0 Å². The number of nitrogens with one attached hydrogen (secondary N) is 1. The fraction of sp³-hybridized carbons (Fsp3) is 0.692. The molecule has 0 saturated carbocycles. The summed E-state index contributed by atoms with van der Waals surface area (Å²) in [6.07, 6.45) is 0. The maximum atomic E-state index is 12.4. The molecule has 1 aliphatic rings. The number of piperazine rings is 1. The Labute approximate surface area is 120 Å². The third-order valence-electron chi connectivity index (χ3n) is 3.49. The molecule has 1 atom stereocenters. The predicted molar refractivity (Wildman–Crippen MR) is 77.9 cm³/mol. The molecule has 0 aliphatic carbocycles. The Morgan fingerprint density at radius 1 is 1.53 bits per heavy atom. The summed E-state index contributed by atoms with van der Waals surface area (Å²) in [4.78, 5) is 14.3. The molecule has 1 saturated heterocycles. The van der Waals surface area contributed by atoms with Crippen LogP contribution in [-0.2, 0) is 7.05 Å². The van der Waals surface area contributed by atoms with Gasteiger partial charge in [0.1, 0.15) is 0 Å². The minimum absolute atomic E-state index is 0. The first-order valence-electron chi connectivity index (χ1n) is 6.56. The topological polar surface area (TPSA) is 50.2 Å². The van der Waals surface area contributed by atoms with Gasteiger partial charge in [-0.2, -0.15) is 5.10 Å². The molecule has 5 nitrogen and oxygen atoms in total. The highest BCUT2D eigenvalue weighted by Crippen LogP contribution is 2.17. The molecule has 1 fully saturated rings. The van der Waals surface area contributed by atoms with Gasteiger partial charge >= 0.3 is 0 Å². The first kappa shape index (κ1) is 16.0. The van der Waals surface area contributed by atoms with Gasteiger partial charge in [-0.05, 0) is 18.9 Å². The summed E-state index contributed by atoms with van der Waals surface area (Å²) in [5, 5.41) is 7.63. The monoisotopic (exact) mass is 286 g/mol. The van der Waals surface area contributed by atoms with E-state index in [1.807, 2.05) is 22.7 Å². The van der Waals surface area contributed by atoms with E-state index in [0.29, 0.717) is 11.6 Å². The predicted octanol–water partition coefficient (Wildman–Crippen LogP) is 1.40. The van der Waals surface area contributed by atoms with E-state index in [0.717, 1.165) is 25.3 Å². The summed E-state index contributed by atoms with van der Waals surface area (Å²) in [5.41, 5.74) is 1.66. The van der Waals surface area contributed by atoms with Crippen LogP contribution in [0.1, 0.15) is 42.9 Å². The van der Waals surface area contributed by atoms with E-state index in [2.05, 4.69) is 31.2 Å². The molecule has 1 aromatic heterocycles. The van der Waals surface area contributed by atoms with Crippen LogP contribution in [-0.4, -0.2) is 46.3 Å². The van der Waals surface area contributed by atoms with Gasteiger partial charge in [0, 0.05) is 38.4 Å². The molecule has 1 aliphatic heterocycles. The summed E-state index contributed by atoms with van der Waals surface area (Å²) in [7, 11) is 1.90. The van der Waals surface area contributed by atoms with Gasteiger partial charge in [-0.25, -0.2) is 0 Å². The highest BCUT2D eigenvalue weighted by molar-refractivity contribution is 5.92.